The van der Waals surface area contributed by atoms with Crippen LogP contribution >= 0.6 is 11.3 Å². The number of benzene rings is 3. The van der Waals surface area contributed by atoms with Crippen molar-refractivity contribution >= 4 is 39.8 Å². The average Bonchev–Trinajstić information content (AvgIpc) is 3.60. The summed E-state index contributed by atoms with van der Waals surface area (Å²) in [5, 5.41) is 12.8. The molecule has 0 bridgehead atoms. The molecule has 216 valence electrons. The zero-order chi connectivity index (χ0) is 30.2. The molecule has 6 rings (SSSR count). The second-order valence-corrected chi connectivity index (χ2v) is 10.7. The highest BCUT2D eigenvalue weighted by Crippen LogP contribution is 2.40. The number of hydrogen-bond donors (Lipinski definition) is 0. The number of rotatable bonds is 7. The number of hydrogen-bond acceptors (Lipinski definition) is 9. The lowest BCUT2D eigenvalue weighted by atomic mass is 9.90. The smallest absolute Gasteiger partial charge is 0.338 e. The lowest BCUT2D eigenvalue weighted by molar-refractivity contribution is -0.384. The van der Waals surface area contributed by atoms with Crippen molar-refractivity contribution in [1.82, 2.24) is 4.57 Å². The van der Waals surface area contributed by atoms with Gasteiger partial charge < -0.3 is 13.9 Å². The summed E-state index contributed by atoms with van der Waals surface area (Å²) in [6.07, 6.45) is 1.62. The number of carbonyl (C=O) groups is 1. The van der Waals surface area contributed by atoms with E-state index in [-0.39, 0.29) is 23.4 Å². The van der Waals surface area contributed by atoms with E-state index in [4.69, 9.17) is 13.9 Å². The first-order valence-corrected chi connectivity index (χ1v) is 14.2. The van der Waals surface area contributed by atoms with Crippen LogP contribution in [0.1, 0.15) is 31.2 Å². The van der Waals surface area contributed by atoms with E-state index in [9.17, 15) is 19.7 Å². The van der Waals surface area contributed by atoms with Gasteiger partial charge in [-0.1, -0.05) is 41.7 Å². The highest BCUT2D eigenvalue weighted by atomic mass is 32.1. The third kappa shape index (κ3) is 4.93. The minimum atomic E-state index is -0.856. The molecule has 11 heteroatoms. The Bertz CT molecular complexity index is 2120. The van der Waals surface area contributed by atoms with Gasteiger partial charge in [0.25, 0.3) is 11.2 Å². The molecule has 0 spiro atoms. The normalized spacial score (nSPS) is 14.9. The van der Waals surface area contributed by atoms with Crippen molar-refractivity contribution in [2.75, 3.05) is 13.7 Å². The van der Waals surface area contributed by atoms with Gasteiger partial charge in [-0.3, -0.25) is 19.5 Å². The fraction of sp³-hybridized carbons (Fsp3) is 0.156. The molecule has 0 saturated heterocycles. The minimum Gasteiger partial charge on any atom is -0.496 e. The molecule has 0 unspecified atom stereocenters. The second kappa shape index (κ2) is 11.2. The van der Waals surface area contributed by atoms with Gasteiger partial charge in [0.05, 0.1) is 34.4 Å². The zero-order valence-electron chi connectivity index (χ0n) is 23.4. The second-order valence-electron chi connectivity index (χ2n) is 9.71. The summed E-state index contributed by atoms with van der Waals surface area (Å²) in [4.78, 5) is 43.1. The first-order chi connectivity index (χ1) is 20.8. The largest absolute Gasteiger partial charge is 0.496 e. The third-order valence-corrected chi connectivity index (χ3v) is 8.19. The van der Waals surface area contributed by atoms with Gasteiger partial charge in [-0.05, 0) is 55.0 Å². The fourth-order valence-corrected chi connectivity index (χ4v) is 6.29. The number of carbonyl (C=O) groups excluding carboxylic acids is 1. The number of allylic oxidation sites excluding steroid dienone is 1. The Morgan fingerprint density at radius 2 is 1.88 bits per heavy atom. The van der Waals surface area contributed by atoms with Crippen molar-refractivity contribution in [2.24, 2.45) is 4.99 Å². The molecule has 2 aromatic heterocycles. The molecule has 3 heterocycles. The molecule has 0 amide bonds. The molecule has 1 aliphatic heterocycles. The fourth-order valence-electron chi connectivity index (χ4n) is 5.26. The Kier molecular flexibility index (Phi) is 7.24. The first-order valence-electron chi connectivity index (χ1n) is 13.4. The van der Waals surface area contributed by atoms with Gasteiger partial charge in [0.2, 0.25) is 0 Å². The van der Waals surface area contributed by atoms with Crippen LogP contribution in [0.2, 0.25) is 0 Å². The topological polar surface area (TPSA) is 126 Å². The number of methoxy groups -OCH3 is 1. The number of fused-ring (bicyclic) bond motifs is 2. The van der Waals surface area contributed by atoms with Crippen molar-refractivity contribution in [2.45, 2.75) is 19.9 Å². The van der Waals surface area contributed by atoms with Crippen LogP contribution in [-0.4, -0.2) is 29.2 Å². The molecule has 43 heavy (non-hydrogen) atoms. The first kappa shape index (κ1) is 27.9. The van der Waals surface area contributed by atoms with Crippen LogP contribution in [0, 0.1) is 10.1 Å². The van der Waals surface area contributed by atoms with Gasteiger partial charge in [-0.15, -0.1) is 0 Å². The Balaban J connectivity index is 1.53. The number of aromatic nitrogens is 1. The van der Waals surface area contributed by atoms with Crippen molar-refractivity contribution in [3.8, 4) is 17.1 Å². The van der Waals surface area contributed by atoms with Crippen LogP contribution in [0.25, 0.3) is 28.2 Å². The lowest BCUT2D eigenvalue weighted by Crippen LogP contribution is -2.40. The van der Waals surface area contributed by atoms with Crippen LogP contribution in [0.4, 0.5) is 5.69 Å². The molecular weight excluding hydrogens is 570 g/mol. The molecule has 0 aliphatic carbocycles. The summed E-state index contributed by atoms with van der Waals surface area (Å²) in [6.45, 7) is 3.62. The summed E-state index contributed by atoms with van der Waals surface area (Å²) in [7, 11) is 1.55. The number of furan rings is 1. The van der Waals surface area contributed by atoms with Crippen LogP contribution in [-0.2, 0) is 9.53 Å². The third-order valence-electron chi connectivity index (χ3n) is 7.20. The van der Waals surface area contributed by atoms with Crippen LogP contribution in [0.3, 0.4) is 0 Å². The molecule has 0 fully saturated rings. The van der Waals surface area contributed by atoms with Gasteiger partial charge in [0.1, 0.15) is 23.3 Å². The van der Waals surface area contributed by atoms with Gasteiger partial charge in [-0.25, -0.2) is 9.79 Å². The monoisotopic (exact) mass is 595 g/mol. The molecular formula is C32H25N3O7S. The highest BCUT2D eigenvalue weighted by molar-refractivity contribution is 7.07. The standard InChI is InChI=1S/C32H25N3O7S/c1-4-41-31(37)27-18(2)33-32-34(29(27)28-23-8-6-5-7-19(23)11-15-25(28)40-3)30(36)26(43-32)17-22-14-16-24(42-22)20-9-12-21(13-10-20)35(38)39/h5-17,29H,4H2,1-3H3/b26-17+/t29-/m0/s1. The predicted octanol–water partition coefficient (Wildman–Crippen LogP) is 5.13. The lowest BCUT2D eigenvalue weighted by Gasteiger charge is -2.27. The molecule has 1 atom stereocenters. The van der Waals surface area contributed by atoms with E-state index in [1.807, 2.05) is 36.4 Å². The maximum atomic E-state index is 14.1. The van der Waals surface area contributed by atoms with Crippen molar-refractivity contribution in [3.05, 3.63) is 125 Å². The van der Waals surface area contributed by atoms with E-state index >= 15 is 0 Å². The van der Waals surface area contributed by atoms with Crippen LogP contribution in [0.5, 0.6) is 5.75 Å². The summed E-state index contributed by atoms with van der Waals surface area (Å²) in [6, 6.07) is 20.1. The summed E-state index contributed by atoms with van der Waals surface area (Å²) in [5.41, 5.74) is 1.64. The Morgan fingerprint density at radius 3 is 2.60 bits per heavy atom. The predicted molar refractivity (Wildman–Crippen MR) is 162 cm³/mol. The van der Waals surface area contributed by atoms with E-state index in [1.54, 1.807) is 51.3 Å². The number of thiazole rings is 1. The maximum Gasteiger partial charge on any atom is 0.338 e. The Morgan fingerprint density at radius 1 is 1.12 bits per heavy atom. The molecule has 3 aromatic carbocycles. The summed E-state index contributed by atoms with van der Waals surface area (Å²) in [5.74, 6) is 0.873. The van der Waals surface area contributed by atoms with E-state index in [0.29, 0.717) is 43.4 Å². The van der Waals surface area contributed by atoms with Crippen LogP contribution < -0.4 is 19.6 Å². The maximum absolute atomic E-state index is 14.1. The number of non-ortho nitro benzene ring substituents is 1. The van der Waals surface area contributed by atoms with Gasteiger partial charge >= 0.3 is 5.97 Å². The van der Waals surface area contributed by atoms with Gasteiger partial charge in [-0.2, -0.15) is 0 Å². The van der Waals surface area contributed by atoms with Crippen molar-refractivity contribution < 1.29 is 23.6 Å². The van der Waals surface area contributed by atoms with Crippen molar-refractivity contribution in [1.29, 1.82) is 0 Å². The molecule has 5 aromatic rings. The van der Waals surface area contributed by atoms with Gasteiger partial charge in [0, 0.05) is 29.3 Å². The van der Waals surface area contributed by atoms with Crippen molar-refractivity contribution in [3.63, 3.8) is 0 Å². The molecule has 0 saturated carbocycles. The zero-order valence-corrected chi connectivity index (χ0v) is 24.2. The number of esters is 1. The molecule has 10 nitrogen and oxygen atoms in total. The molecule has 0 N–H and O–H groups in total. The van der Waals surface area contributed by atoms with E-state index in [2.05, 4.69) is 4.99 Å². The molecule has 0 radical (unpaired) electrons. The SMILES string of the molecule is CCOC(=O)C1=C(C)N=c2s/c(=C/c3ccc(-c4ccc([N+](=O)[O-])cc4)o3)c(=O)n2[C@@H]1c1c(OC)ccc2ccccc12. The Labute approximate surface area is 248 Å². The summed E-state index contributed by atoms with van der Waals surface area (Å²) < 4.78 is 19.1. The molecule has 1 aliphatic rings. The van der Waals surface area contributed by atoms with E-state index in [1.165, 1.54) is 28.0 Å². The highest BCUT2D eigenvalue weighted by Gasteiger charge is 2.36. The number of nitrogens with zero attached hydrogens (tertiary/aromatic N) is 3. The van der Waals surface area contributed by atoms with E-state index < -0.39 is 16.9 Å². The Hall–Kier alpha value is -5.29. The summed E-state index contributed by atoms with van der Waals surface area (Å²) >= 11 is 1.18. The van der Waals surface area contributed by atoms with Gasteiger partial charge in [0.15, 0.2) is 4.80 Å². The number of ether oxygens (including phenoxy) is 2. The number of nitro groups is 1. The average molecular weight is 596 g/mol. The van der Waals surface area contributed by atoms with E-state index in [0.717, 1.165) is 10.8 Å². The van der Waals surface area contributed by atoms with Crippen LogP contribution in [0.15, 0.2) is 98.3 Å². The minimum absolute atomic E-state index is 0.0218. The number of nitro benzene ring substituents is 1. The quantitative estimate of drug-likeness (QED) is 0.145.